The minimum Gasteiger partial charge on any atom is -0.495 e. The number of hydrogen-bond acceptors (Lipinski definition) is 5. The molecule has 1 aromatic heterocycles. The maximum absolute atomic E-state index is 12.8. The Morgan fingerprint density at radius 1 is 1.03 bits per heavy atom. The number of carbonyl (C=O) groups excluding carboxylic acids is 1. The first-order chi connectivity index (χ1) is 14.5. The fourth-order valence-corrected chi connectivity index (χ4v) is 4.09. The summed E-state index contributed by atoms with van der Waals surface area (Å²) in [6.45, 7) is 0.517. The van der Waals surface area contributed by atoms with Crippen LogP contribution < -0.4 is 14.8 Å². The predicted octanol–water partition coefficient (Wildman–Crippen LogP) is 2.54. The predicted molar refractivity (Wildman–Crippen MR) is 114 cm³/mol. The molecule has 0 aliphatic heterocycles. The van der Waals surface area contributed by atoms with Crippen molar-refractivity contribution >= 4 is 15.9 Å². The summed E-state index contributed by atoms with van der Waals surface area (Å²) in [4.78, 5) is 16.4. The van der Waals surface area contributed by atoms with Crippen LogP contribution in [-0.2, 0) is 23.0 Å². The highest BCUT2D eigenvalue weighted by molar-refractivity contribution is 7.89. The van der Waals surface area contributed by atoms with Gasteiger partial charge < -0.3 is 10.1 Å². The van der Waals surface area contributed by atoms with Crippen molar-refractivity contribution in [2.75, 3.05) is 13.7 Å². The summed E-state index contributed by atoms with van der Waals surface area (Å²) < 4.78 is 33.4. The number of methoxy groups -OCH3 is 1. The zero-order valence-electron chi connectivity index (χ0n) is 16.5. The van der Waals surface area contributed by atoms with Crippen LogP contribution in [0.2, 0.25) is 0 Å². The van der Waals surface area contributed by atoms with Crippen LogP contribution in [0, 0.1) is 0 Å². The second-order valence-corrected chi connectivity index (χ2v) is 8.28. The molecule has 3 aromatic rings. The lowest BCUT2D eigenvalue weighted by atomic mass is 10.2. The average molecular weight is 426 g/mol. The van der Waals surface area contributed by atoms with Crippen molar-refractivity contribution in [3.8, 4) is 5.75 Å². The Morgan fingerprint density at radius 2 is 1.80 bits per heavy atom. The Hall–Kier alpha value is -3.23. The first-order valence-corrected chi connectivity index (χ1v) is 10.9. The van der Waals surface area contributed by atoms with Gasteiger partial charge in [-0.25, -0.2) is 13.1 Å². The molecule has 0 bridgehead atoms. The number of aromatic nitrogens is 1. The highest BCUT2D eigenvalue weighted by Gasteiger charge is 2.21. The molecule has 3 rings (SSSR count). The van der Waals surface area contributed by atoms with Crippen molar-refractivity contribution in [1.82, 2.24) is 15.0 Å². The molecule has 0 saturated carbocycles. The van der Waals surface area contributed by atoms with Crippen LogP contribution >= 0.6 is 0 Å². The van der Waals surface area contributed by atoms with E-state index in [1.807, 2.05) is 36.4 Å². The molecular formula is C22H23N3O4S. The van der Waals surface area contributed by atoms with Gasteiger partial charge >= 0.3 is 0 Å². The lowest BCUT2D eigenvalue weighted by molar-refractivity contribution is 0.0950. The van der Waals surface area contributed by atoms with Gasteiger partial charge in [-0.05, 0) is 41.8 Å². The minimum atomic E-state index is -3.86. The number of nitrogens with zero attached hydrogens (tertiary/aromatic N) is 1. The van der Waals surface area contributed by atoms with Gasteiger partial charge in [0.25, 0.3) is 5.91 Å². The maximum Gasteiger partial charge on any atom is 0.251 e. The third-order valence-corrected chi connectivity index (χ3v) is 5.92. The normalized spacial score (nSPS) is 11.1. The van der Waals surface area contributed by atoms with Gasteiger partial charge in [0, 0.05) is 31.0 Å². The van der Waals surface area contributed by atoms with E-state index in [0.717, 1.165) is 11.1 Å². The van der Waals surface area contributed by atoms with Gasteiger partial charge in [-0.1, -0.05) is 36.4 Å². The van der Waals surface area contributed by atoms with Crippen molar-refractivity contribution in [3.63, 3.8) is 0 Å². The van der Waals surface area contributed by atoms with Crippen molar-refractivity contribution in [2.24, 2.45) is 0 Å². The molecule has 1 amide bonds. The van der Waals surface area contributed by atoms with E-state index < -0.39 is 10.0 Å². The van der Waals surface area contributed by atoms with Gasteiger partial charge in [-0.3, -0.25) is 9.78 Å². The van der Waals surface area contributed by atoms with E-state index in [1.54, 1.807) is 18.5 Å². The zero-order chi connectivity index (χ0) is 21.4. The van der Waals surface area contributed by atoms with Crippen LogP contribution in [0.15, 0.2) is 78.0 Å². The number of benzene rings is 2. The summed E-state index contributed by atoms with van der Waals surface area (Å²) in [6.07, 6.45) is 3.85. The van der Waals surface area contributed by atoms with Gasteiger partial charge in [0.05, 0.1) is 7.11 Å². The van der Waals surface area contributed by atoms with E-state index in [0.29, 0.717) is 6.42 Å². The lowest BCUT2D eigenvalue weighted by Gasteiger charge is -2.13. The fraction of sp³-hybridized carbons (Fsp3) is 0.182. The molecule has 30 heavy (non-hydrogen) atoms. The molecule has 0 radical (unpaired) electrons. The smallest absolute Gasteiger partial charge is 0.251 e. The second-order valence-electron chi connectivity index (χ2n) is 6.54. The number of pyridine rings is 1. The molecular weight excluding hydrogens is 402 g/mol. The fourth-order valence-electron chi connectivity index (χ4n) is 2.87. The molecule has 8 heteroatoms. The molecule has 0 unspecified atom stereocenters. The Kier molecular flexibility index (Phi) is 7.16. The van der Waals surface area contributed by atoms with E-state index in [4.69, 9.17) is 4.74 Å². The van der Waals surface area contributed by atoms with Crippen LogP contribution in [0.3, 0.4) is 0 Å². The summed E-state index contributed by atoms with van der Waals surface area (Å²) in [5.74, 6) is -0.215. The standard InChI is InChI=1S/C22H23N3O4S/c1-29-20-10-9-19(22(26)24-16-18-8-5-12-23-15-18)14-21(20)30(27,28)25-13-11-17-6-3-2-4-7-17/h2-10,12,14-15,25H,11,13,16H2,1H3,(H,24,26). The number of ether oxygens (including phenoxy) is 1. The molecule has 7 nitrogen and oxygen atoms in total. The molecule has 1 heterocycles. The molecule has 156 valence electrons. The first kappa shape index (κ1) is 21.5. The molecule has 0 aliphatic carbocycles. The monoisotopic (exact) mass is 425 g/mol. The topological polar surface area (TPSA) is 97.4 Å². The van der Waals surface area contributed by atoms with E-state index in [9.17, 15) is 13.2 Å². The van der Waals surface area contributed by atoms with Gasteiger partial charge in [0.15, 0.2) is 0 Å². The van der Waals surface area contributed by atoms with Crippen LogP contribution in [0.4, 0.5) is 0 Å². The maximum atomic E-state index is 12.8. The van der Waals surface area contributed by atoms with E-state index in [-0.39, 0.29) is 35.2 Å². The summed E-state index contributed by atoms with van der Waals surface area (Å²) in [7, 11) is -2.47. The van der Waals surface area contributed by atoms with Crippen LogP contribution in [0.1, 0.15) is 21.5 Å². The summed E-state index contributed by atoms with van der Waals surface area (Å²) >= 11 is 0. The summed E-state index contributed by atoms with van der Waals surface area (Å²) in [6, 6.07) is 17.5. The number of nitrogens with one attached hydrogen (secondary N) is 2. The number of rotatable bonds is 9. The van der Waals surface area contributed by atoms with Crippen molar-refractivity contribution < 1.29 is 17.9 Å². The average Bonchev–Trinajstić information content (AvgIpc) is 2.78. The number of carbonyl (C=O) groups is 1. The van der Waals surface area contributed by atoms with E-state index in [1.165, 1.54) is 25.3 Å². The Bertz CT molecular complexity index is 1090. The molecule has 2 aromatic carbocycles. The van der Waals surface area contributed by atoms with E-state index in [2.05, 4.69) is 15.0 Å². The quantitative estimate of drug-likeness (QED) is 0.549. The second kappa shape index (κ2) is 10.00. The first-order valence-electron chi connectivity index (χ1n) is 9.38. The van der Waals surface area contributed by atoms with Crippen molar-refractivity contribution in [2.45, 2.75) is 17.9 Å². The molecule has 0 aliphatic rings. The summed E-state index contributed by atoms with van der Waals surface area (Å²) in [5.41, 5.74) is 2.09. The molecule has 2 N–H and O–H groups in total. The van der Waals surface area contributed by atoms with Gasteiger partial charge in [0.2, 0.25) is 10.0 Å². The Labute approximate surface area is 176 Å². The van der Waals surface area contributed by atoms with Gasteiger partial charge in [-0.15, -0.1) is 0 Å². The lowest BCUT2D eigenvalue weighted by Crippen LogP contribution is -2.27. The summed E-state index contributed by atoms with van der Waals surface area (Å²) in [5, 5.41) is 2.76. The Balaban J connectivity index is 1.71. The zero-order valence-corrected chi connectivity index (χ0v) is 17.4. The Morgan fingerprint density at radius 3 is 2.50 bits per heavy atom. The van der Waals surface area contributed by atoms with Crippen molar-refractivity contribution in [3.05, 3.63) is 89.7 Å². The number of amides is 1. The molecule has 0 atom stereocenters. The largest absolute Gasteiger partial charge is 0.495 e. The molecule has 0 fully saturated rings. The third-order valence-electron chi connectivity index (χ3n) is 4.44. The van der Waals surface area contributed by atoms with Crippen LogP contribution in [0.25, 0.3) is 0 Å². The highest BCUT2D eigenvalue weighted by Crippen LogP contribution is 2.25. The van der Waals surface area contributed by atoms with Gasteiger partial charge in [0.1, 0.15) is 10.6 Å². The number of sulfonamides is 1. The van der Waals surface area contributed by atoms with Crippen molar-refractivity contribution in [1.29, 1.82) is 0 Å². The third kappa shape index (κ3) is 5.65. The van der Waals surface area contributed by atoms with Crippen LogP contribution in [-0.4, -0.2) is 33.0 Å². The highest BCUT2D eigenvalue weighted by atomic mass is 32.2. The minimum absolute atomic E-state index is 0.0768. The van der Waals surface area contributed by atoms with Crippen LogP contribution in [0.5, 0.6) is 5.75 Å². The molecule has 0 saturated heterocycles. The molecule has 0 spiro atoms. The SMILES string of the molecule is COc1ccc(C(=O)NCc2cccnc2)cc1S(=O)(=O)NCCc1ccccc1. The number of hydrogen-bond donors (Lipinski definition) is 2. The van der Waals surface area contributed by atoms with Gasteiger partial charge in [-0.2, -0.15) is 0 Å². The van der Waals surface area contributed by atoms with E-state index >= 15 is 0 Å².